The smallest absolute Gasteiger partial charge is 0.406 e. The Bertz CT molecular complexity index is 1870. The zero-order valence-corrected chi connectivity index (χ0v) is 20.5. The van der Waals surface area contributed by atoms with Crippen molar-refractivity contribution >= 4 is 38.8 Å². The minimum atomic E-state index is -4.89. The van der Waals surface area contributed by atoms with E-state index in [0.29, 0.717) is 11.4 Å². The highest BCUT2D eigenvalue weighted by atomic mass is 32.1. The number of nitrogens with zero attached hydrogens (tertiary/aromatic N) is 4. The molecule has 0 aliphatic carbocycles. The molecule has 1 aromatic carbocycles. The summed E-state index contributed by atoms with van der Waals surface area (Å²) >= 11 is 0.842. The number of ether oxygens (including phenoxy) is 1. The summed E-state index contributed by atoms with van der Waals surface area (Å²) < 4.78 is 47.1. The molecule has 5 aromatic rings. The Kier molecular flexibility index (Phi) is 6.03. The number of nitrogen functional groups attached to an aromatic ring is 2. The Morgan fingerprint density at radius 1 is 1.18 bits per heavy atom. The van der Waals surface area contributed by atoms with E-state index in [9.17, 15) is 28.0 Å². The number of thiophene rings is 1. The summed E-state index contributed by atoms with van der Waals surface area (Å²) in [5.41, 5.74) is 12.2. The molecule has 15 heteroatoms. The van der Waals surface area contributed by atoms with Gasteiger partial charge in [-0.3, -0.25) is 14.3 Å². The highest BCUT2D eigenvalue weighted by molar-refractivity contribution is 7.21. The molecule has 0 amide bonds. The van der Waals surface area contributed by atoms with Crippen LogP contribution in [0.5, 0.6) is 5.75 Å². The van der Waals surface area contributed by atoms with Gasteiger partial charge in [-0.1, -0.05) is 6.07 Å². The molecule has 0 aliphatic heterocycles. The van der Waals surface area contributed by atoms with E-state index in [1.165, 1.54) is 12.1 Å². The average molecular weight is 554 g/mol. The molecule has 5 rings (SSSR count). The first-order chi connectivity index (χ1) is 18.5. The molecule has 0 unspecified atom stereocenters. The van der Waals surface area contributed by atoms with Gasteiger partial charge in [0.2, 0.25) is 5.69 Å². The summed E-state index contributed by atoms with van der Waals surface area (Å²) in [6, 6.07) is 11.5. The van der Waals surface area contributed by atoms with Gasteiger partial charge in [0, 0.05) is 28.8 Å². The van der Waals surface area contributed by atoms with Crippen LogP contribution in [0.15, 0.2) is 51.8 Å². The number of H-pyrrole nitrogens is 1. The number of hydrogen-bond acceptors (Lipinski definition) is 10. The zero-order chi connectivity index (χ0) is 28.1. The number of alkyl halides is 3. The second kappa shape index (κ2) is 9.26. The SMILES string of the molecule is Cc1cccc(-c2c(C#N)c(N)nc3sc(C(=O)c4c(=O)o[nH][n+]4-c4ccc(OC(F)(F)F)cc4)c(N)c23)n1. The molecule has 0 fully saturated rings. The van der Waals surface area contributed by atoms with Crippen molar-refractivity contribution in [3.63, 3.8) is 0 Å². The first-order valence-corrected chi connectivity index (χ1v) is 11.7. The van der Waals surface area contributed by atoms with Gasteiger partial charge >= 0.3 is 17.7 Å². The van der Waals surface area contributed by atoms with Gasteiger partial charge in [-0.25, -0.2) is 9.78 Å². The number of anilines is 2. The monoisotopic (exact) mass is 554 g/mol. The van der Waals surface area contributed by atoms with Crippen LogP contribution in [-0.2, 0) is 0 Å². The van der Waals surface area contributed by atoms with Crippen LogP contribution < -0.4 is 26.5 Å². The maximum Gasteiger partial charge on any atom is 0.573 e. The van der Waals surface area contributed by atoms with Crippen LogP contribution in [0, 0.1) is 18.3 Å². The molecule has 0 radical (unpaired) electrons. The van der Waals surface area contributed by atoms with Crippen LogP contribution in [-0.4, -0.2) is 27.4 Å². The summed E-state index contributed by atoms with van der Waals surface area (Å²) in [4.78, 5) is 35.0. The third-order valence-electron chi connectivity index (χ3n) is 5.56. The van der Waals surface area contributed by atoms with Gasteiger partial charge in [-0.2, -0.15) is 5.26 Å². The molecule has 0 saturated heterocycles. The molecule has 5 N–H and O–H groups in total. The van der Waals surface area contributed by atoms with Crippen molar-refractivity contribution in [2.24, 2.45) is 0 Å². The van der Waals surface area contributed by atoms with Gasteiger partial charge in [-0.05, 0) is 41.1 Å². The minimum absolute atomic E-state index is 0.0153. The van der Waals surface area contributed by atoms with Gasteiger partial charge in [-0.15, -0.1) is 24.5 Å². The normalized spacial score (nSPS) is 11.5. The second-order valence-corrected chi connectivity index (χ2v) is 9.08. The summed E-state index contributed by atoms with van der Waals surface area (Å²) in [6.07, 6.45) is -4.89. The molecule has 4 aromatic heterocycles. The molecule has 196 valence electrons. The van der Waals surface area contributed by atoms with Crippen LogP contribution in [0.25, 0.3) is 27.2 Å². The zero-order valence-electron chi connectivity index (χ0n) is 19.7. The number of nitrogens with two attached hydrogens (primary N) is 2. The topological polar surface area (TPSA) is 178 Å². The summed E-state index contributed by atoms with van der Waals surface area (Å²) in [5, 5.41) is 12.3. The number of aryl methyl sites for hydroxylation is 1. The third-order valence-corrected chi connectivity index (χ3v) is 6.66. The Hall–Kier alpha value is -5.23. The Morgan fingerprint density at radius 2 is 1.90 bits per heavy atom. The lowest BCUT2D eigenvalue weighted by Gasteiger charge is -2.09. The fraction of sp³-hybridized carbons (Fsp3) is 0.0833. The number of rotatable bonds is 5. The van der Waals surface area contributed by atoms with Crippen molar-refractivity contribution < 1.29 is 31.9 Å². The molecule has 39 heavy (non-hydrogen) atoms. The van der Waals surface area contributed by atoms with Crippen LogP contribution in [0.1, 0.15) is 26.6 Å². The van der Waals surface area contributed by atoms with E-state index in [2.05, 4.69) is 20.0 Å². The Morgan fingerprint density at radius 3 is 2.54 bits per heavy atom. The van der Waals surface area contributed by atoms with Crippen molar-refractivity contribution in [1.82, 2.24) is 15.2 Å². The van der Waals surface area contributed by atoms with Gasteiger partial charge in [0.15, 0.2) is 0 Å². The molecule has 11 nitrogen and oxygen atoms in total. The van der Waals surface area contributed by atoms with E-state index >= 15 is 0 Å². The molecular weight excluding hydrogens is 539 g/mol. The fourth-order valence-corrected chi connectivity index (χ4v) is 5.00. The number of nitriles is 1. The number of aromatic amines is 1. The fourth-order valence-electron chi connectivity index (χ4n) is 3.94. The number of carbonyl (C=O) groups excluding carboxylic acids is 1. The van der Waals surface area contributed by atoms with E-state index in [0.717, 1.165) is 28.2 Å². The van der Waals surface area contributed by atoms with Crippen molar-refractivity contribution in [2.75, 3.05) is 11.5 Å². The highest BCUT2D eigenvalue weighted by Crippen LogP contribution is 2.42. The maximum atomic E-state index is 13.6. The molecular formula is C24H15F3N7O4S+. The van der Waals surface area contributed by atoms with E-state index < -0.39 is 29.2 Å². The van der Waals surface area contributed by atoms with Gasteiger partial charge in [0.25, 0.3) is 5.78 Å². The van der Waals surface area contributed by atoms with E-state index in [1.54, 1.807) is 25.1 Å². The van der Waals surface area contributed by atoms with Crippen molar-refractivity contribution in [1.29, 1.82) is 5.26 Å². The lowest BCUT2D eigenvalue weighted by Crippen LogP contribution is -2.41. The van der Waals surface area contributed by atoms with Crippen molar-refractivity contribution in [3.8, 4) is 28.8 Å². The number of halogens is 3. The van der Waals surface area contributed by atoms with Crippen LogP contribution in [0.4, 0.5) is 24.7 Å². The second-order valence-electron chi connectivity index (χ2n) is 8.08. The maximum absolute atomic E-state index is 13.6. The molecule has 0 aliphatic rings. The summed E-state index contributed by atoms with van der Waals surface area (Å²) in [7, 11) is 0. The first kappa shape index (κ1) is 25.4. The number of ketones is 1. The van der Waals surface area contributed by atoms with Gasteiger partial charge < -0.3 is 16.2 Å². The van der Waals surface area contributed by atoms with Gasteiger partial charge in [0.1, 0.15) is 32.9 Å². The van der Waals surface area contributed by atoms with Crippen LogP contribution in [0.3, 0.4) is 0 Å². The van der Waals surface area contributed by atoms with Crippen molar-refractivity contribution in [3.05, 3.63) is 74.7 Å². The lowest BCUT2D eigenvalue weighted by atomic mass is 10.0. The highest BCUT2D eigenvalue weighted by Gasteiger charge is 2.36. The summed E-state index contributed by atoms with van der Waals surface area (Å²) in [5.74, 6) is -1.46. The predicted molar refractivity (Wildman–Crippen MR) is 132 cm³/mol. The van der Waals surface area contributed by atoms with E-state index in [4.69, 9.17) is 16.0 Å². The Labute approximate surface area is 219 Å². The number of benzene rings is 1. The van der Waals surface area contributed by atoms with Crippen molar-refractivity contribution in [2.45, 2.75) is 13.3 Å². The number of nitrogens with one attached hydrogen (secondary N) is 1. The number of aromatic nitrogens is 4. The average Bonchev–Trinajstić information content (AvgIpc) is 3.42. The van der Waals surface area contributed by atoms with Crippen LogP contribution in [0.2, 0.25) is 0 Å². The molecule has 0 atom stereocenters. The molecule has 0 spiro atoms. The third kappa shape index (κ3) is 4.53. The molecule has 4 heterocycles. The first-order valence-electron chi connectivity index (χ1n) is 10.9. The number of fused-ring (bicyclic) bond motifs is 1. The number of pyridine rings is 2. The largest absolute Gasteiger partial charge is 0.573 e. The van der Waals surface area contributed by atoms with E-state index in [-0.39, 0.29) is 43.4 Å². The number of carbonyl (C=O) groups is 1. The number of hydrogen-bond donors (Lipinski definition) is 3. The standard InChI is InChI=1S/C24H14F3N7O4S/c1-10-3-2-4-14(31-10)15-13(9-28)21(30)32-22-16(15)17(29)20(39-22)19(35)18-23(36)38-33-34(18)11-5-7-12(8-6-11)37-24(25,26)27/h2-8H,1H3,(H4-,29,30,32,33,35,36)/p+1. The predicted octanol–water partition coefficient (Wildman–Crippen LogP) is 3.39. The Balaban J connectivity index is 1.65. The minimum Gasteiger partial charge on any atom is -0.406 e. The van der Waals surface area contributed by atoms with E-state index in [1.807, 2.05) is 6.07 Å². The molecule has 0 saturated carbocycles. The van der Waals surface area contributed by atoms with Gasteiger partial charge in [0.05, 0.1) is 11.4 Å². The van der Waals surface area contributed by atoms with Crippen LogP contribution >= 0.6 is 11.3 Å². The quantitative estimate of drug-likeness (QED) is 0.217. The molecule has 0 bridgehead atoms. The summed E-state index contributed by atoms with van der Waals surface area (Å²) in [6.45, 7) is 1.76. The lowest BCUT2D eigenvalue weighted by molar-refractivity contribution is -0.672.